The van der Waals surface area contributed by atoms with Gasteiger partial charge in [0.2, 0.25) is 5.78 Å². The molecule has 5 nitrogen and oxygen atoms in total. The summed E-state index contributed by atoms with van der Waals surface area (Å²) in [6, 6.07) is 0. The van der Waals surface area contributed by atoms with Crippen LogP contribution < -0.4 is 0 Å². The Morgan fingerprint density at radius 3 is 2.65 bits per heavy atom. The molecule has 126 valence electrons. The minimum atomic E-state index is -0.558. The van der Waals surface area contributed by atoms with E-state index >= 15 is 0 Å². The van der Waals surface area contributed by atoms with Gasteiger partial charge in [0.05, 0.1) is 13.7 Å². The quantitative estimate of drug-likeness (QED) is 0.237. The lowest BCUT2D eigenvalue weighted by Gasteiger charge is -2.22. The molecule has 0 spiro atoms. The van der Waals surface area contributed by atoms with E-state index in [0.717, 1.165) is 32.3 Å². The molecule has 5 heteroatoms. The molecule has 0 aromatic heterocycles. The largest absolute Gasteiger partial charge is 0.459 e. The van der Waals surface area contributed by atoms with Gasteiger partial charge in [-0.05, 0) is 38.0 Å². The predicted octanol–water partition coefficient (Wildman–Crippen LogP) is 2.23. The van der Waals surface area contributed by atoms with Crippen LogP contribution in [0.5, 0.6) is 0 Å². The van der Waals surface area contributed by atoms with Gasteiger partial charge >= 0.3 is 5.97 Å². The number of methoxy groups -OCH3 is 1. The zero-order valence-electron chi connectivity index (χ0n) is 13.7. The number of esters is 1. The van der Waals surface area contributed by atoms with E-state index < -0.39 is 5.97 Å². The van der Waals surface area contributed by atoms with Crippen molar-refractivity contribution in [2.75, 3.05) is 20.3 Å². The van der Waals surface area contributed by atoms with Gasteiger partial charge in [-0.25, -0.2) is 4.79 Å². The van der Waals surface area contributed by atoms with Crippen LogP contribution >= 0.6 is 0 Å². The maximum absolute atomic E-state index is 11.5. The monoisotopic (exact) mass is 320 g/mol. The van der Waals surface area contributed by atoms with Gasteiger partial charge in [-0.15, -0.1) is 0 Å². The van der Waals surface area contributed by atoms with Crippen LogP contribution in [0.3, 0.4) is 0 Å². The van der Waals surface area contributed by atoms with Crippen molar-refractivity contribution in [3.63, 3.8) is 0 Å². The summed E-state index contributed by atoms with van der Waals surface area (Å²) in [5.41, 5.74) is 0. The standard InChI is InChI=1S/C18H24O5/c1-21-17(20)12-6-2-4-10-16(19)11-5-3-8-14-22-18-13-7-9-15-23-18/h18H,2-4,7-10,13-15H2,1H3. The highest BCUT2D eigenvalue weighted by molar-refractivity contribution is 5.95. The number of carbonyl (C=O) groups excluding carboxylic acids is 2. The molecule has 0 aromatic carbocycles. The highest BCUT2D eigenvalue weighted by atomic mass is 16.7. The molecular weight excluding hydrogens is 296 g/mol. The minimum Gasteiger partial charge on any atom is -0.459 e. The molecule has 1 aliphatic heterocycles. The van der Waals surface area contributed by atoms with Gasteiger partial charge in [0, 0.05) is 31.8 Å². The zero-order valence-corrected chi connectivity index (χ0v) is 13.7. The second kappa shape index (κ2) is 12.7. The smallest absolute Gasteiger partial charge is 0.384 e. The van der Waals surface area contributed by atoms with Gasteiger partial charge in [-0.3, -0.25) is 4.79 Å². The Bertz CT molecular complexity index is 483. The second-order valence-electron chi connectivity index (χ2n) is 5.14. The molecule has 1 heterocycles. The van der Waals surface area contributed by atoms with Crippen molar-refractivity contribution in [2.45, 2.75) is 57.7 Å². The van der Waals surface area contributed by atoms with Crippen molar-refractivity contribution in [2.24, 2.45) is 0 Å². The van der Waals surface area contributed by atoms with Crippen LogP contribution in [0.15, 0.2) is 0 Å². The number of hydrogen-bond donors (Lipinski definition) is 0. The summed E-state index contributed by atoms with van der Waals surface area (Å²) < 4.78 is 15.4. The Hall–Kier alpha value is -1.82. The van der Waals surface area contributed by atoms with E-state index in [1.54, 1.807) is 0 Å². The highest BCUT2D eigenvalue weighted by Crippen LogP contribution is 2.13. The number of unbranched alkanes of at least 4 members (excludes halogenated alkanes) is 2. The molecule has 0 aromatic rings. The Labute approximate surface area is 138 Å². The Kier molecular flexibility index (Phi) is 10.6. The fraction of sp³-hybridized carbons (Fsp3) is 0.667. The number of Topliss-reactive ketones (excluding diaryl/α,β-unsaturated/α-hetero) is 1. The molecule has 1 atom stereocenters. The van der Waals surface area contributed by atoms with Crippen molar-refractivity contribution in [1.82, 2.24) is 0 Å². The first-order valence-corrected chi connectivity index (χ1v) is 8.04. The molecule has 1 unspecified atom stereocenters. The van der Waals surface area contributed by atoms with Crippen molar-refractivity contribution in [1.29, 1.82) is 0 Å². The van der Waals surface area contributed by atoms with Gasteiger partial charge in [0.1, 0.15) is 0 Å². The van der Waals surface area contributed by atoms with Crippen LogP contribution in [0, 0.1) is 23.7 Å². The summed E-state index contributed by atoms with van der Waals surface area (Å²) in [6.45, 7) is 1.39. The van der Waals surface area contributed by atoms with Crippen molar-refractivity contribution in [3.05, 3.63) is 0 Å². The number of rotatable bonds is 7. The molecule has 1 rings (SSSR count). The number of ketones is 1. The normalized spacial score (nSPS) is 16.5. The maximum Gasteiger partial charge on any atom is 0.384 e. The van der Waals surface area contributed by atoms with Crippen LogP contribution in [-0.4, -0.2) is 38.4 Å². The van der Waals surface area contributed by atoms with Gasteiger partial charge in [-0.2, -0.15) is 0 Å². The lowest BCUT2D eigenvalue weighted by molar-refractivity contribution is -0.162. The van der Waals surface area contributed by atoms with Crippen LogP contribution in [0.25, 0.3) is 0 Å². The highest BCUT2D eigenvalue weighted by Gasteiger charge is 2.12. The van der Waals surface area contributed by atoms with Gasteiger partial charge in [0.15, 0.2) is 6.29 Å². The number of carbonyl (C=O) groups is 2. The fourth-order valence-electron chi connectivity index (χ4n) is 1.96. The zero-order chi connectivity index (χ0) is 16.8. The minimum absolute atomic E-state index is 0.0653. The lowest BCUT2D eigenvalue weighted by Crippen LogP contribution is -2.22. The Balaban J connectivity index is 2.00. The molecule has 0 amide bonds. The summed E-state index contributed by atoms with van der Waals surface area (Å²) in [7, 11) is 1.28. The van der Waals surface area contributed by atoms with Crippen molar-refractivity contribution in [3.8, 4) is 23.7 Å². The van der Waals surface area contributed by atoms with Crippen molar-refractivity contribution < 1.29 is 23.8 Å². The molecule has 0 aliphatic carbocycles. The van der Waals surface area contributed by atoms with Crippen LogP contribution in [0.2, 0.25) is 0 Å². The molecule has 0 radical (unpaired) electrons. The lowest BCUT2D eigenvalue weighted by atomic mass is 10.2. The molecule has 1 fully saturated rings. The summed E-state index contributed by atoms with van der Waals surface area (Å²) in [4.78, 5) is 22.2. The van der Waals surface area contributed by atoms with E-state index in [1.807, 2.05) is 0 Å². The topological polar surface area (TPSA) is 61.8 Å². The third-order valence-electron chi connectivity index (χ3n) is 3.20. The first-order valence-electron chi connectivity index (χ1n) is 8.04. The fourth-order valence-corrected chi connectivity index (χ4v) is 1.96. The first-order chi connectivity index (χ1) is 11.2. The Morgan fingerprint density at radius 2 is 1.91 bits per heavy atom. The summed E-state index contributed by atoms with van der Waals surface area (Å²) >= 11 is 0. The third-order valence-corrected chi connectivity index (χ3v) is 3.20. The van der Waals surface area contributed by atoms with E-state index in [9.17, 15) is 9.59 Å². The SMILES string of the molecule is COC(=O)C#CCCCC(=O)C#CCCCOC1CCCCO1. The summed E-state index contributed by atoms with van der Waals surface area (Å²) in [5, 5.41) is 0. The predicted molar refractivity (Wildman–Crippen MR) is 85.2 cm³/mol. The number of hydrogen-bond acceptors (Lipinski definition) is 5. The summed E-state index contributed by atoms with van der Waals surface area (Å²) in [6.07, 6.45) is 6.04. The molecular formula is C18H24O5. The average Bonchev–Trinajstić information content (AvgIpc) is 2.58. The molecule has 0 bridgehead atoms. The molecule has 23 heavy (non-hydrogen) atoms. The molecule has 0 N–H and O–H groups in total. The average molecular weight is 320 g/mol. The van der Waals surface area contributed by atoms with E-state index in [0.29, 0.717) is 32.3 Å². The third kappa shape index (κ3) is 10.5. The molecule has 0 saturated carbocycles. The van der Waals surface area contributed by atoms with E-state index in [1.165, 1.54) is 7.11 Å². The second-order valence-corrected chi connectivity index (χ2v) is 5.14. The van der Waals surface area contributed by atoms with Gasteiger partial charge in [-0.1, -0.05) is 11.8 Å². The van der Waals surface area contributed by atoms with E-state index in [2.05, 4.69) is 28.4 Å². The van der Waals surface area contributed by atoms with Crippen molar-refractivity contribution >= 4 is 11.8 Å². The molecule has 1 aliphatic rings. The van der Waals surface area contributed by atoms with Crippen LogP contribution in [0.1, 0.15) is 51.4 Å². The molecule has 1 saturated heterocycles. The van der Waals surface area contributed by atoms with E-state index in [4.69, 9.17) is 9.47 Å². The van der Waals surface area contributed by atoms with E-state index in [-0.39, 0.29) is 12.1 Å². The van der Waals surface area contributed by atoms with Crippen LogP contribution in [-0.2, 0) is 23.8 Å². The summed E-state index contributed by atoms with van der Waals surface area (Å²) in [5.74, 6) is 9.79. The van der Waals surface area contributed by atoms with Gasteiger partial charge < -0.3 is 14.2 Å². The van der Waals surface area contributed by atoms with Crippen LogP contribution in [0.4, 0.5) is 0 Å². The number of ether oxygens (including phenoxy) is 3. The Morgan fingerprint density at radius 1 is 1.13 bits per heavy atom. The van der Waals surface area contributed by atoms with Gasteiger partial charge in [0.25, 0.3) is 0 Å². The maximum atomic E-state index is 11.5. The first kappa shape index (κ1) is 19.2.